The second-order valence-electron chi connectivity index (χ2n) is 4.77. The first-order chi connectivity index (χ1) is 9.90. The Morgan fingerprint density at radius 2 is 1.85 bits per heavy atom. The number of hydrogen-bond acceptors (Lipinski definition) is 4. The van der Waals surface area contributed by atoms with Crippen molar-refractivity contribution in [2.75, 3.05) is 33.4 Å². The summed E-state index contributed by atoms with van der Waals surface area (Å²) in [5.74, 6) is 0. The second-order valence-corrected chi connectivity index (χ2v) is 4.77. The van der Waals surface area contributed by atoms with Crippen LogP contribution in [0.4, 0.5) is 0 Å². The molecular weight excluding hydrogens is 250 g/mol. The lowest BCUT2D eigenvalue weighted by Gasteiger charge is -2.06. The third-order valence-corrected chi connectivity index (χ3v) is 3.15. The Kier molecular flexibility index (Phi) is 6.44. The maximum absolute atomic E-state index is 4.98. The summed E-state index contributed by atoms with van der Waals surface area (Å²) in [5, 5.41) is 7.95. The van der Waals surface area contributed by atoms with Crippen LogP contribution in [0.2, 0.25) is 0 Å². The largest absolute Gasteiger partial charge is 0.383 e. The predicted octanol–water partition coefficient (Wildman–Crippen LogP) is 1.95. The average Bonchev–Trinajstić information content (AvgIpc) is 2.50. The quantitative estimate of drug-likeness (QED) is 0.686. The molecule has 0 atom stereocenters. The van der Waals surface area contributed by atoms with E-state index in [4.69, 9.17) is 4.74 Å². The molecule has 1 aromatic heterocycles. The van der Waals surface area contributed by atoms with E-state index in [2.05, 4.69) is 39.9 Å². The van der Waals surface area contributed by atoms with Gasteiger partial charge in [0.05, 0.1) is 17.8 Å². The van der Waals surface area contributed by atoms with Crippen LogP contribution in [-0.2, 0) is 11.3 Å². The van der Waals surface area contributed by atoms with E-state index in [0.717, 1.165) is 50.4 Å². The molecule has 0 bridgehead atoms. The van der Waals surface area contributed by atoms with Gasteiger partial charge in [-0.2, -0.15) is 0 Å². The van der Waals surface area contributed by atoms with Gasteiger partial charge in [-0.1, -0.05) is 24.3 Å². The van der Waals surface area contributed by atoms with E-state index < -0.39 is 0 Å². The number of pyridine rings is 1. The van der Waals surface area contributed by atoms with E-state index in [0.29, 0.717) is 0 Å². The molecule has 2 aromatic rings. The van der Waals surface area contributed by atoms with Crippen LogP contribution in [0.3, 0.4) is 0 Å². The highest BCUT2D eigenvalue weighted by Crippen LogP contribution is 2.11. The van der Waals surface area contributed by atoms with Gasteiger partial charge in [0.25, 0.3) is 0 Å². The summed E-state index contributed by atoms with van der Waals surface area (Å²) in [5.41, 5.74) is 2.16. The van der Waals surface area contributed by atoms with Crippen LogP contribution >= 0.6 is 0 Å². The molecule has 2 N–H and O–H groups in total. The second kappa shape index (κ2) is 8.64. The maximum atomic E-state index is 4.98. The predicted molar refractivity (Wildman–Crippen MR) is 82.8 cm³/mol. The van der Waals surface area contributed by atoms with Gasteiger partial charge in [0.15, 0.2) is 0 Å². The Morgan fingerprint density at radius 1 is 1.00 bits per heavy atom. The summed E-state index contributed by atoms with van der Waals surface area (Å²) < 4.78 is 4.98. The minimum absolute atomic E-state index is 0.772. The number of methoxy groups -OCH3 is 1. The number of hydrogen-bond donors (Lipinski definition) is 2. The number of fused-ring (bicyclic) bond motifs is 1. The zero-order valence-corrected chi connectivity index (χ0v) is 12.1. The molecule has 0 radical (unpaired) electrons. The molecule has 0 aliphatic heterocycles. The van der Waals surface area contributed by atoms with Gasteiger partial charge >= 0.3 is 0 Å². The lowest BCUT2D eigenvalue weighted by atomic mass is 10.2. The Hall–Kier alpha value is -1.49. The summed E-state index contributed by atoms with van der Waals surface area (Å²) in [6.45, 7) is 4.52. The first-order valence-corrected chi connectivity index (χ1v) is 7.15. The minimum Gasteiger partial charge on any atom is -0.383 e. The zero-order chi connectivity index (χ0) is 14.0. The molecule has 0 fully saturated rings. The van der Waals surface area contributed by atoms with Crippen molar-refractivity contribution in [3.63, 3.8) is 0 Å². The van der Waals surface area contributed by atoms with Crippen molar-refractivity contribution in [2.45, 2.75) is 13.0 Å². The number of ether oxygens (including phenoxy) is 1. The van der Waals surface area contributed by atoms with Crippen LogP contribution in [0.15, 0.2) is 36.4 Å². The molecule has 4 nitrogen and oxygen atoms in total. The van der Waals surface area contributed by atoms with Crippen molar-refractivity contribution in [1.82, 2.24) is 15.6 Å². The number of para-hydroxylation sites is 1. The monoisotopic (exact) mass is 273 g/mol. The summed E-state index contributed by atoms with van der Waals surface area (Å²) in [6, 6.07) is 12.4. The minimum atomic E-state index is 0.772. The summed E-state index contributed by atoms with van der Waals surface area (Å²) in [6.07, 6.45) is 1.11. The highest BCUT2D eigenvalue weighted by atomic mass is 16.5. The van der Waals surface area contributed by atoms with E-state index in [-0.39, 0.29) is 0 Å². The lowest BCUT2D eigenvalue weighted by molar-refractivity contribution is 0.199. The zero-order valence-electron chi connectivity index (χ0n) is 12.1. The van der Waals surface area contributed by atoms with E-state index in [9.17, 15) is 0 Å². The van der Waals surface area contributed by atoms with Gasteiger partial charge < -0.3 is 15.4 Å². The van der Waals surface area contributed by atoms with Crippen molar-refractivity contribution in [3.8, 4) is 0 Å². The van der Waals surface area contributed by atoms with Crippen LogP contribution < -0.4 is 10.6 Å². The number of nitrogens with zero attached hydrogens (tertiary/aromatic N) is 1. The molecule has 0 aliphatic rings. The molecule has 1 aromatic carbocycles. The summed E-state index contributed by atoms with van der Waals surface area (Å²) >= 11 is 0. The van der Waals surface area contributed by atoms with Gasteiger partial charge in [0, 0.05) is 25.6 Å². The van der Waals surface area contributed by atoms with Gasteiger partial charge in [-0.25, -0.2) is 0 Å². The summed E-state index contributed by atoms with van der Waals surface area (Å²) in [4.78, 5) is 4.64. The van der Waals surface area contributed by atoms with Gasteiger partial charge in [-0.05, 0) is 31.6 Å². The Labute approximate surface area is 120 Å². The Balaban J connectivity index is 1.65. The summed E-state index contributed by atoms with van der Waals surface area (Å²) in [7, 11) is 1.72. The third kappa shape index (κ3) is 4.89. The van der Waals surface area contributed by atoms with Crippen LogP contribution in [0, 0.1) is 0 Å². The molecular formula is C16H23N3O. The fraction of sp³-hybridized carbons (Fsp3) is 0.438. The molecule has 2 rings (SSSR count). The van der Waals surface area contributed by atoms with Crippen LogP contribution in [0.1, 0.15) is 12.1 Å². The van der Waals surface area contributed by atoms with E-state index >= 15 is 0 Å². The molecule has 0 saturated carbocycles. The van der Waals surface area contributed by atoms with Gasteiger partial charge in [0.2, 0.25) is 0 Å². The molecule has 1 heterocycles. The average molecular weight is 273 g/mol. The molecule has 4 heteroatoms. The molecule has 0 aliphatic carbocycles. The first-order valence-electron chi connectivity index (χ1n) is 7.15. The van der Waals surface area contributed by atoms with Crippen molar-refractivity contribution in [2.24, 2.45) is 0 Å². The molecule has 108 valence electrons. The van der Waals surface area contributed by atoms with Gasteiger partial charge in [-0.3, -0.25) is 4.98 Å². The Bertz CT molecular complexity index is 516. The Morgan fingerprint density at radius 3 is 2.75 bits per heavy atom. The SMILES string of the molecule is COCCNCCCNCc1ccc2ccccc2n1. The smallest absolute Gasteiger partial charge is 0.0705 e. The molecule has 0 spiro atoms. The van der Waals surface area contributed by atoms with Crippen molar-refractivity contribution < 1.29 is 4.74 Å². The number of nitrogens with one attached hydrogen (secondary N) is 2. The van der Waals surface area contributed by atoms with Crippen LogP contribution in [-0.4, -0.2) is 38.3 Å². The fourth-order valence-corrected chi connectivity index (χ4v) is 2.06. The van der Waals surface area contributed by atoms with Gasteiger partial charge in [-0.15, -0.1) is 0 Å². The van der Waals surface area contributed by atoms with Gasteiger partial charge in [0.1, 0.15) is 0 Å². The van der Waals surface area contributed by atoms with E-state index in [1.165, 1.54) is 5.39 Å². The third-order valence-electron chi connectivity index (χ3n) is 3.15. The molecule has 0 amide bonds. The van der Waals surface area contributed by atoms with Crippen molar-refractivity contribution in [1.29, 1.82) is 0 Å². The topological polar surface area (TPSA) is 46.2 Å². The fourth-order valence-electron chi connectivity index (χ4n) is 2.06. The normalized spacial score (nSPS) is 11.1. The number of aromatic nitrogens is 1. The van der Waals surface area contributed by atoms with Crippen LogP contribution in [0.25, 0.3) is 10.9 Å². The molecule has 0 unspecified atom stereocenters. The number of benzene rings is 1. The first kappa shape index (κ1) is 14.9. The van der Waals surface area contributed by atoms with E-state index in [1.807, 2.05) is 12.1 Å². The van der Waals surface area contributed by atoms with Crippen molar-refractivity contribution in [3.05, 3.63) is 42.1 Å². The highest BCUT2D eigenvalue weighted by molar-refractivity contribution is 5.78. The van der Waals surface area contributed by atoms with Crippen molar-refractivity contribution >= 4 is 10.9 Å². The maximum Gasteiger partial charge on any atom is 0.0705 e. The number of rotatable bonds is 9. The van der Waals surface area contributed by atoms with E-state index in [1.54, 1.807) is 7.11 Å². The standard InChI is InChI=1S/C16H23N3O/c1-20-12-11-17-9-4-10-18-13-15-8-7-14-5-2-3-6-16(14)19-15/h2-3,5-8,17-18H,4,9-13H2,1H3. The highest BCUT2D eigenvalue weighted by Gasteiger charge is 1.97. The van der Waals surface area contributed by atoms with Crippen LogP contribution in [0.5, 0.6) is 0 Å². The molecule has 20 heavy (non-hydrogen) atoms. The molecule has 0 saturated heterocycles. The lowest BCUT2D eigenvalue weighted by Crippen LogP contribution is -2.24.